The Morgan fingerprint density at radius 3 is 3.00 bits per heavy atom. The molecule has 0 radical (unpaired) electrons. The Hall–Kier alpha value is 0.210. The Morgan fingerprint density at radius 1 is 1.56 bits per heavy atom. The molecule has 0 bridgehead atoms. The van der Waals surface area contributed by atoms with Crippen molar-refractivity contribution >= 4 is 11.6 Å². The molecule has 1 aliphatic rings. The number of rotatable bonds is 3. The third kappa shape index (κ3) is 2.52. The molecule has 3 heteroatoms. The van der Waals surface area contributed by atoms with E-state index in [1.807, 2.05) is 0 Å². The maximum atomic E-state index is 5.53. The summed E-state index contributed by atoms with van der Waals surface area (Å²) < 4.78 is 0. The number of nitrogens with one attached hydrogen (secondary N) is 1. The van der Waals surface area contributed by atoms with Crippen molar-refractivity contribution in [2.24, 2.45) is 0 Å². The molecule has 0 saturated carbocycles. The lowest BCUT2D eigenvalue weighted by atomic mass is 10.4. The minimum absolute atomic E-state index is 0.788. The number of nitrogens with zero attached hydrogens (tertiary/aromatic N) is 1. The first-order chi connectivity index (χ1) is 4.43. The summed E-state index contributed by atoms with van der Waals surface area (Å²) in [6.45, 7) is 4.53. The summed E-state index contributed by atoms with van der Waals surface area (Å²) in [4.78, 5) is 2.38. The normalized spacial score (nSPS) is 21.0. The molecule has 0 spiro atoms. The monoisotopic (exact) mass is 148 g/mol. The molecule has 0 aromatic heterocycles. The second-order valence-electron chi connectivity index (χ2n) is 2.32. The summed E-state index contributed by atoms with van der Waals surface area (Å²) in [6, 6.07) is 0. The van der Waals surface area contributed by atoms with Crippen LogP contribution in [-0.4, -0.2) is 37.1 Å². The fourth-order valence-electron chi connectivity index (χ4n) is 1.03. The minimum atomic E-state index is 0.788. The standard InChI is InChI=1S/C6H13ClN2/c7-2-1-4-9-5-3-8-6-9/h8H,1-6H2. The number of hydrogen-bond acceptors (Lipinski definition) is 2. The topological polar surface area (TPSA) is 15.3 Å². The Bertz CT molecular complexity index is 71.5. The van der Waals surface area contributed by atoms with Crippen LogP contribution >= 0.6 is 11.6 Å². The molecule has 0 aromatic rings. The molecule has 2 nitrogen and oxygen atoms in total. The van der Waals surface area contributed by atoms with Crippen LogP contribution in [0, 0.1) is 0 Å². The van der Waals surface area contributed by atoms with Gasteiger partial charge in [-0.15, -0.1) is 11.6 Å². The Labute approximate surface area is 61.2 Å². The fraction of sp³-hybridized carbons (Fsp3) is 1.00. The van der Waals surface area contributed by atoms with Gasteiger partial charge in [-0.3, -0.25) is 4.90 Å². The SMILES string of the molecule is ClCCCN1CCNC1. The summed E-state index contributed by atoms with van der Waals surface area (Å²) in [5.41, 5.74) is 0. The third-order valence-corrected chi connectivity index (χ3v) is 1.82. The average Bonchev–Trinajstić information content (AvgIpc) is 2.34. The molecule has 0 unspecified atom stereocenters. The summed E-state index contributed by atoms with van der Waals surface area (Å²) in [5, 5.41) is 3.26. The highest BCUT2D eigenvalue weighted by Crippen LogP contribution is 1.94. The molecule has 54 valence electrons. The molecule has 1 fully saturated rings. The van der Waals surface area contributed by atoms with Crippen LogP contribution in [0.3, 0.4) is 0 Å². The van der Waals surface area contributed by atoms with Crippen molar-refractivity contribution in [3.63, 3.8) is 0 Å². The highest BCUT2D eigenvalue weighted by atomic mass is 35.5. The van der Waals surface area contributed by atoms with E-state index in [1.54, 1.807) is 0 Å². The smallest absolute Gasteiger partial charge is 0.0481 e. The first-order valence-corrected chi connectivity index (χ1v) is 3.96. The van der Waals surface area contributed by atoms with Crippen LogP contribution in [0.2, 0.25) is 0 Å². The molecule has 1 saturated heterocycles. The second kappa shape index (κ2) is 4.09. The van der Waals surface area contributed by atoms with Gasteiger partial charge in [0.1, 0.15) is 0 Å². The predicted octanol–water partition coefficient (Wildman–Crippen LogP) is 0.478. The molecule has 0 aliphatic carbocycles. The van der Waals surface area contributed by atoms with Crippen molar-refractivity contribution in [2.45, 2.75) is 6.42 Å². The number of hydrogen-bond donors (Lipinski definition) is 1. The Balaban J connectivity index is 1.98. The van der Waals surface area contributed by atoms with Crippen LogP contribution in [0.4, 0.5) is 0 Å². The quantitative estimate of drug-likeness (QED) is 0.586. The zero-order valence-electron chi connectivity index (χ0n) is 5.57. The molecule has 1 rings (SSSR count). The predicted molar refractivity (Wildman–Crippen MR) is 39.8 cm³/mol. The summed E-state index contributed by atoms with van der Waals surface area (Å²) in [6.07, 6.45) is 1.11. The number of alkyl halides is 1. The molecule has 0 amide bonds. The van der Waals surface area contributed by atoms with Crippen molar-refractivity contribution in [1.82, 2.24) is 10.2 Å². The van der Waals surface area contributed by atoms with E-state index in [1.165, 1.54) is 6.54 Å². The van der Waals surface area contributed by atoms with Crippen LogP contribution in [0.1, 0.15) is 6.42 Å². The maximum absolute atomic E-state index is 5.53. The first kappa shape index (κ1) is 7.32. The van der Waals surface area contributed by atoms with Crippen LogP contribution in [0.5, 0.6) is 0 Å². The zero-order chi connectivity index (χ0) is 6.53. The molecular formula is C6H13ClN2. The highest BCUT2D eigenvalue weighted by Gasteiger charge is 2.08. The van der Waals surface area contributed by atoms with Gasteiger partial charge in [-0.2, -0.15) is 0 Å². The van der Waals surface area contributed by atoms with Gasteiger partial charge in [-0.1, -0.05) is 0 Å². The van der Waals surface area contributed by atoms with E-state index >= 15 is 0 Å². The van der Waals surface area contributed by atoms with Gasteiger partial charge in [-0.25, -0.2) is 0 Å². The molecule has 1 heterocycles. The van der Waals surface area contributed by atoms with Crippen LogP contribution in [-0.2, 0) is 0 Å². The highest BCUT2D eigenvalue weighted by molar-refractivity contribution is 6.17. The molecular weight excluding hydrogens is 136 g/mol. The second-order valence-corrected chi connectivity index (χ2v) is 2.70. The van der Waals surface area contributed by atoms with Crippen molar-refractivity contribution in [3.05, 3.63) is 0 Å². The largest absolute Gasteiger partial charge is 0.303 e. The molecule has 1 aliphatic heterocycles. The van der Waals surface area contributed by atoms with Gasteiger partial charge in [0.15, 0.2) is 0 Å². The van der Waals surface area contributed by atoms with E-state index in [2.05, 4.69) is 10.2 Å². The third-order valence-electron chi connectivity index (χ3n) is 1.55. The van der Waals surface area contributed by atoms with Gasteiger partial charge in [0, 0.05) is 32.2 Å². The Kier molecular flexibility index (Phi) is 3.33. The molecule has 0 atom stereocenters. The van der Waals surface area contributed by atoms with E-state index in [4.69, 9.17) is 11.6 Å². The van der Waals surface area contributed by atoms with Crippen molar-refractivity contribution in [1.29, 1.82) is 0 Å². The van der Waals surface area contributed by atoms with Gasteiger partial charge in [0.25, 0.3) is 0 Å². The van der Waals surface area contributed by atoms with Crippen molar-refractivity contribution in [3.8, 4) is 0 Å². The molecule has 1 N–H and O–H groups in total. The lowest BCUT2D eigenvalue weighted by molar-refractivity contribution is 0.336. The summed E-state index contributed by atoms with van der Waals surface area (Å²) in [7, 11) is 0. The number of halogens is 1. The summed E-state index contributed by atoms with van der Waals surface area (Å²) >= 11 is 5.53. The van der Waals surface area contributed by atoms with Crippen LogP contribution < -0.4 is 5.32 Å². The molecule has 9 heavy (non-hydrogen) atoms. The van der Waals surface area contributed by atoms with E-state index in [0.29, 0.717) is 0 Å². The van der Waals surface area contributed by atoms with Crippen LogP contribution in [0.15, 0.2) is 0 Å². The van der Waals surface area contributed by atoms with Gasteiger partial charge >= 0.3 is 0 Å². The summed E-state index contributed by atoms with van der Waals surface area (Å²) in [5.74, 6) is 0.788. The van der Waals surface area contributed by atoms with E-state index < -0.39 is 0 Å². The van der Waals surface area contributed by atoms with Crippen molar-refractivity contribution in [2.75, 3.05) is 32.2 Å². The van der Waals surface area contributed by atoms with Gasteiger partial charge in [-0.05, 0) is 6.42 Å². The van der Waals surface area contributed by atoms with Crippen molar-refractivity contribution < 1.29 is 0 Å². The van der Waals surface area contributed by atoms with E-state index in [0.717, 1.165) is 32.1 Å². The van der Waals surface area contributed by atoms with Gasteiger partial charge in [0.05, 0.1) is 0 Å². The zero-order valence-corrected chi connectivity index (χ0v) is 6.32. The lowest BCUT2D eigenvalue weighted by Gasteiger charge is -2.11. The Morgan fingerprint density at radius 2 is 2.44 bits per heavy atom. The van der Waals surface area contributed by atoms with E-state index in [-0.39, 0.29) is 0 Å². The fourth-order valence-corrected chi connectivity index (χ4v) is 1.15. The van der Waals surface area contributed by atoms with Gasteiger partial charge < -0.3 is 5.32 Å². The maximum Gasteiger partial charge on any atom is 0.0481 e. The van der Waals surface area contributed by atoms with Crippen LogP contribution in [0.25, 0.3) is 0 Å². The molecule has 0 aromatic carbocycles. The van der Waals surface area contributed by atoms with E-state index in [9.17, 15) is 0 Å². The average molecular weight is 149 g/mol. The van der Waals surface area contributed by atoms with Gasteiger partial charge in [0.2, 0.25) is 0 Å². The minimum Gasteiger partial charge on any atom is -0.303 e. The first-order valence-electron chi connectivity index (χ1n) is 3.42. The lowest BCUT2D eigenvalue weighted by Crippen LogP contribution is -2.23.